The molecular formula is C16H30N2O3. The van der Waals surface area contributed by atoms with E-state index in [1.165, 1.54) is 19.3 Å². The lowest BCUT2D eigenvalue weighted by Gasteiger charge is -2.29. The van der Waals surface area contributed by atoms with Crippen molar-refractivity contribution in [1.29, 1.82) is 0 Å². The maximum Gasteiger partial charge on any atom is 0.308 e. The first-order valence-electron chi connectivity index (χ1n) is 8.05. The Morgan fingerprint density at radius 3 is 2.29 bits per heavy atom. The molecular weight excluding hydrogens is 268 g/mol. The molecule has 1 unspecified atom stereocenters. The molecule has 0 radical (unpaired) electrons. The number of carboxylic acids is 1. The summed E-state index contributed by atoms with van der Waals surface area (Å²) in [6.07, 6.45) is 6.59. The van der Waals surface area contributed by atoms with E-state index in [1.807, 2.05) is 19.0 Å². The van der Waals surface area contributed by atoms with Crippen LogP contribution in [-0.4, -0.2) is 60.5 Å². The second kappa shape index (κ2) is 9.03. The lowest BCUT2D eigenvalue weighted by atomic mass is 9.86. The zero-order valence-electron chi connectivity index (χ0n) is 13.7. The molecule has 0 aromatic carbocycles. The number of carbonyl (C=O) groups is 2. The van der Waals surface area contributed by atoms with Gasteiger partial charge in [-0.2, -0.15) is 0 Å². The fourth-order valence-electron chi connectivity index (χ4n) is 2.81. The molecule has 0 saturated heterocycles. The Hall–Kier alpha value is -1.10. The van der Waals surface area contributed by atoms with Crippen molar-refractivity contribution < 1.29 is 14.7 Å². The van der Waals surface area contributed by atoms with Gasteiger partial charge in [0.1, 0.15) is 0 Å². The fourth-order valence-corrected chi connectivity index (χ4v) is 2.81. The Morgan fingerprint density at radius 2 is 1.76 bits per heavy atom. The van der Waals surface area contributed by atoms with Crippen LogP contribution in [0.4, 0.5) is 0 Å². The number of carboxylic acid groups (broad SMARTS) is 1. The molecule has 1 amide bonds. The molecule has 0 aliphatic heterocycles. The Labute approximate surface area is 128 Å². The highest BCUT2D eigenvalue weighted by Gasteiger charge is 2.24. The molecule has 1 aliphatic rings. The number of nitrogens with zero attached hydrogens (tertiary/aromatic N) is 2. The number of likely N-dealkylation sites (N-methyl/N-ethyl adjacent to an activating group) is 1. The predicted molar refractivity (Wildman–Crippen MR) is 83.1 cm³/mol. The number of hydrogen-bond acceptors (Lipinski definition) is 3. The summed E-state index contributed by atoms with van der Waals surface area (Å²) < 4.78 is 0. The molecule has 122 valence electrons. The Bertz CT molecular complexity index is 338. The average Bonchev–Trinajstić information content (AvgIpc) is 2.43. The summed E-state index contributed by atoms with van der Waals surface area (Å²) in [4.78, 5) is 27.3. The molecule has 1 rings (SSSR count). The van der Waals surface area contributed by atoms with Gasteiger partial charge < -0.3 is 14.9 Å². The molecule has 5 heteroatoms. The van der Waals surface area contributed by atoms with E-state index in [1.54, 1.807) is 11.8 Å². The van der Waals surface area contributed by atoms with Crippen LogP contribution in [0.15, 0.2) is 0 Å². The van der Waals surface area contributed by atoms with Crippen molar-refractivity contribution in [2.75, 3.05) is 33.7 Å². The van der Waals surface area contributed by atoms with Crippen LogP contribution >= 0.6 is 0 Å². The van der Waals surface area contributed by atoms with E-state index < -0.39 is 11.9 Å². The highest BCUT2D eigenvalue weighted by Crippen LogP contribution is 2.26. The van der Waals surface area contributed by atoms with Gasteiger partial charge >= 0.3 is 5.97 Å². The van der Waals surface area contributed by atoms with Crippen molar-refractivity contribution in [3.05, 3.63) is 0 Å². The van der Waals surface area contributed by atoms with Gasteiger partial charge in [0, 0.05) is 26.1 Å². The minimum absolute atomic E-state index is 0.122. The van der Waals surface area contributed by atoms with Crippen LogP contribution in [0.1, 0.15) is 45.4 Å². The summed E-state index contributed by atoms with van der Waals surface area (Å²) in [7, 11) is 3.93. The van der Waals surface area contributed by atoms with E-state index in [9.17, 15) is 9.59 Å². The highest BCUT2D eigenvalue weighted by molar-refractivity contribution is 5.77. The maximum absolute atomic E-state index is 12.5. The quantitative estimate of drug-likeness (QED) is 0.745. The summed E-state index contributed by atoms with van der Waals surface area (Å²) in [6.45, 7) is 3.35. The molecule has 0 aromatic rings. The van der Waals surface area contributed by atoms with E-state index in [0.717, 1.165) is 19.4 Å². The zero-order chi connectivity index (χ0) is 15.8. The third-order valence-electron chi connectivity index (χ3n) is 4.27. The van der Waals surface area contributed by atoms with Crippen molar-refractivity contribution in [1.82, 2.24) is 9.80 Å². The Balaban J connectivity index is 2.55. The molecule has 0 bridgehead atoms. The van der Waals surface area contributed by atoms with E-state index in [-0.39, 0.29) is 5.91 Å². The van der Waals surface area contributed by atoms with Gasteiger partial charge in [-0.25, -0.2) is 0 Å². The Morgan fingerprint density at radius 1 is 1.14 bits per heavy atom. The van der Waals surface area contributed by atoms with Gasteiger partial charge in [-0.1, -0.05) is 26.2 Å². The predicted octanol–water partition coefficient (Wildman–Crippen LogP) is 2.07. The number of amides is 1. The third kappa shape index (κ3) is 6.93. The first-order chi connectivity index (χ1) is 9.90. The van der Waals surface area contributed by atoms with E-state index in [2.05, 4.69) is 0 Å². The molecule has 1 N–H and O–H groups in total. The van der Waals surface area contributed by atoms with E-state index in [0.29, 0.717) is 25.4 Å². The summed E-state index contributed by atoms with van der Waals surface area (Å²) in [5.41, 5.74) is 0. The van der Waals surface area contributed by atoms with Crippen molar-refractivity contribution in [2.24, 2.45) is 11.8 Å². The van der Waals surface area contributed by atoms with Gasteiger partial charge in [0.15, 0.2) is 0 Å². The second-order valence-corrected chi connectivity index (χ2v) is 6.59. The van der Waals surface area contributed by atoms with Crippen molar-refractivity contribution in [2.45, 2.75) is 45.4 Å². The minimum Gasteiger partial charge on any atom is -0.481 e. The van der Waals surface area contributed by atoms with Crippen LogP contribution in [0.25, 0.3) is 0 Å². The molecule has 0 heterocycles. The lowest BCUT2D eigenvalue weighted by molar-refractivity contribution is -0.143. The standard InChI is InChI=1S/C16H30N2O3/c1-13(16(20)21)12-18(10-9-17(2)3)15(19)11-14-7-5-4-6-8-14/h13-14H,4-12H2,1-3H3,(H,20,21). The molecule has 1 aliphatic carbocycles. The van der Waals surface area contributed by atoms with Crippen LogP contribution in [0, 0.1) is 11.8 Å². The summed E-state index contributed by atoms with van der Waals surface area (Å²) >= 11 is 0. The van der Waals surface area contributed by atoms with Crippen molar-refractivity contribution in [3.8, 4) is 0 Å². The molecule has 1 saturated carbocycles. The van der Waals surface area contributed by atoms with Gasteiger partial charge in [-0.05, 0) is 32.9 Å². The van der Waals surface area contributed by atoms with Gasteiger partial charge in [0.05, 0.1) is 5.92 Å². The van der Waals surface area contributed by atoms with E-state index >= 15 is 0 Å². The van der Waals surface area contributed by atoms with Gasteiger partial charge in [-0.15, -0.1) is 0 Å². The zero-order valence-corrected chi connectivity index (χ0v) is 13.7. The van der Waals surface area contributed by atoms with Crippen LogP contribution in [0.2, 0.25) is 0 Å². The monoisotopic (exact) mass is 298 g/mol. The molecule has 1 atom stereocenters. The number of hydrogen-bond donors (Lipinski definition) is 1. The third-order valence-corrected chi connectivity index (χ3v) is 4.27. The second-order valence-electron chi connectivity index (χ2n) is 6.59. The molecule has 0 aromatic heterocycles. The highest BCUT2D eigenvalue weighted by atomic mass is 16.4. The van der Waals surface area contributed by atoms with Crippen LogP contribution in [0.3, 0.4) is 0 Å². The van der Waals surface area contributed by atoms with Gasteiger partial charge in [0.25, 0.3) is 0 Å². The Kier molecular flexibility index (Phi) is 7.72. The number of aliphatic carboxylic acids is 1. The largest absolute Gasteiger partial charge is 0.481 e. The SMILES string of the molecule is CC(CN(CCN(C)C)C(=O)CC1CCCCC1)C(=O)O. The molecule has 5 nitrogen and oxygen atoms in total. The summed E-state index contributed by atoms with van der Waals surface area (Å²) in [6, 6.07) is 0. The van der Waals surface area contributed by atoms with Crippen LogP contribution < -0.4 is 0 Å². The van der Waals surface area contributed by atoms with Crippen molar-refractivity contribution >= 4 is 11.9 Å². The number of rotatable bonds is 8. The van der Waals surface area contributed by atoms with Crippen LogP contribution in [-0.2, 0) is 9.59 Å². The van der Waals surface area contributed by atoms with Crippen molar-refractivity contribution in [3.63, 3.8) is 0 Å². The van der Waals surface area contributed by atoms with Crippen LogP contribution in [0.5, 0.6) is 0 Å². The summed E-state index contributed by atoms with van der Waals surface area (Å²) in [5, 5.41) is 9.06. The minimum atomic E-state index is -0.838. The number of carbonyl (C=O) groups excluding carboxylic acids is 1. The fraction of sp³-hybridized carbons (Fsp3) is 0.875. The first-order valence-corrected chi connectivity index (χ1v) is 8.05. The van der Waals surface area contributed by atoms with E-state index in [4.69, 9.17) is 5.11 Å². The maximum atomic E-state index is 12.5. The smallest absolute Gasteiger partial charge is 0.308 e. The molecule has 21 heavy (non-hydrogen) atoms. The summed E-state index contributed by atoms with van der Waals surface area (Å²) in [5.74, 6) is -0.733. The van der Waals surface area contributed by atoms with Gasteiger partial charge in [0.2, 0.25) is 5.91 Å². The normalized spacial score (nSPS) is 17.7. The topological polar surface area (TPSA) is 60.9 Å². The first kappa shape index (κ1) is 18.0. The molecule has 0 spiro atoms. The average molecular weight is 298 g/mol. The molecule has 1 fully saturated rings. The van der Waals surface area contributed by atoms with Gasteiger partial charge in [-0.3, -0.25) is 9.59 Å². The lowest BCUT2D eigenvalue weighted by Crippen LogP contribution is -2.41.